The summed E-state index contributed by atoms with van der Waals surface area (Å²) in [5.41, 5.74) is 0.680. The van der Waals surface area contributed by atoms with E-state index >= 15 is 0 Å². The average Bonchev–Trinajstić information content (AvgIpc) is 3.07. The Bertz CT molecular complexity index is 765. The maximum absolute atomic E-state index is 13.7. The molecule has 2 atom stereocenters. The molecular formula is C24H34N2O7. The molecule has 2 aliphatic rings. The van der Waals surface area contributed by atoms with Crippen molar-refractivity contribution in [2.24, 2.45) is 5.92 Å². The summed E-state index contributed by atoms with van der Waals surface area (Å²) >= 11 is 0. The molecule has 9 heteroatoms. The van der Waals surface area contributed by atoms with Crippen molar-refractivity contribution in [2.45, 2.75) is 26.3 Å². The Morgan fingerprint density at radius 3 is 1.67 bits per heavy atom. The molecular weight excluding hydrogens is 428 g/mol. The third kappa shape index (κ3) is 6.38. The summed E-state index contributed by atoms with van der Waals surface area (Å²) in [5.74, 6) is -1.33. The van der Waals surface area contributed by atoms with E-state index in [1.165, 1.54) is 0 Å². The number of nitrogens with zero attached hydrogens (tertiary/aromatic N) is 2. The normalized spacial score (nSPS) is 21.2. The molecule has 0 aliphatic carbocycles. The van der Waals surface area contributed by atoms with Crippen LogP contribution in [0.5, 0.6) is 0 Å². The van der Waals surface area contributed by atoms with Crippen molar-refractivity contribution >= 4 is 17.7 Å². The van der Waals surface area contributed by atoms with Gasteiger partial charge in [-0.15, -0.1) is 0 Å². The van der Waals surface area contributed by atoms with Gasteiger partial charge in [-0.1, -0.05) is 32.4 Å². The fourth-order valence-corrected chi connectivity index (χ4v) is 3.92. The van der Waals surface area contributed by atoms with Gasteiger partial charge in [-0.05, 0) is 18.1 Å². The SMILES string of the molecule is CC[C@@H](C)[C@H](C(=O)N1CCOCCOCCOCCOCC1)N1C(=O)c2ccccc2C1=O. The Labute approximate surface area is 194 Å². The van der Waals surface area contributed by atoms with Crippen molar-refractivity contribution in [2.75, 3.05) is 65.9 Å². The summed E-state index contributed by atoms with van der Waals surface area (Å²) in [6.07, 6.45) is 0.638. The van der Waals surface area contributed by atoms with Gasteiger partial charge < -0.3 is 23.8 Å². The minimum atomic E-state index is -0.892. The van der Waals surface area contributed by atoms with Crippen LogP contribution in [0.1, 0.15) is 41.0 Å². The Hall–Kier alpha value is -2.33. The number of ether oxygens (including phenoxy) is 4. The molecule has 2 heterocycles. The Kier molecular flexibility index (Phi) is 9.80. The second kappa shape index (κ2) is 12.8. The smallest absolute Gasteiger partial charge is 0.262 e. The lowest BCUT2D eigenvalue weighted by atomic mass is 9.96. The molecule has 0 saturated carbocycles. The number of carbonyl (C=O) groups is 3. The first kappa shape index (κ1) is 25.3. The first-order valence-electron chi connectivity index (χ1n) is 11.6. The van der Waals surface area contributed by atoms with Gasteiger partial charge in [-0.25, -0.2) is 0 Å². The number of hydrogen-bond acceptors (Lipinski definition) is 7. The highest BCUT2D eigenvalue weighted by Gasteiger charge is 2.45. The molecule has 0 radical (unpaired) electrons. The molecule has 182 valence electrons. The maximum atomic E-state index is 13.7. The third-order valence-electron chi connectivity index (χ3n) is 5.98. The average molecular weight is 463 g/mol. The largest absolute Gasteiger partial charge is 0.377 e. The van der Waals surface area contributed by atoms with Crippen LogP contribution in [0.3, 0.4) is 0 Å². The van der Waals surface area contributed by atoms with Gasteiger partial charge in [0.1, 0.15) is 6.04 Å². The molecule has 3 rings (SSSR count). The molecule has 0 aromatic heterocycles. The van der Waals surface area contributed by atoms with Gasteiger partial charge in [-0.2, -0.15) is 0 Å². The zero-order chi connectivity index (χ0) is 23.6. The Balaban J connectivity index is 1.77. The molecule has 1 fully saturated rings. The van der Waals surface area contributed by atoms with Crippen LogP contribution in [0.2, 0.25) is 0 Å². The third-order valence-corrected chi connectivity index (χ3v) is 5.98. The van der Waals surface area contributed by atoms with E-state index in [0.717, 1.165) is 4.90 Å². The van der Waals surface area contributed by atoms with Gasteiger partial charge in [0.15, 0.2) is 0 Å². The summed E-state index contributed by atoms with van der Waals surface area (Å²) in [5, 5.41) is 0. The van der Waals surface area contributed by atoms with Crippen molar-refractivity contribution in [1.82, 2.24) is 9.80 Å². The first-order valence-corrected chi connectivity index (χ1v) is 11.6. The van der Waals surface area contributed by atoms with Crippen molar-refractivity contribution in [3.8, 4) is 0 Å². The van der Waals surface area contributed by atoms with Crippen molar-refractivity contribution in [3.63, 3.8) is 0 Å². The second-order valence-corrected chi connectivity index (χ2v) is 8.13. The van der Waals surface area contributed by atoms with Crippen LogP contribution in [0, 0.1) is 5.92 Å². The number of rotatable bonds is 4. The molecule has 2 aliphatic heterocycles. The van der Waals surface area contributed by atoms with Crippen molar-refractivity contribution in [3.05, 3.63) is 35.4 Å². The summed E-state index contributed by atoms with van der Waals surface area (Å²) in [7, 11) is 0. The van der Waals surface area contributed by atoms with E-state index in [9.17, 15) is 14.4 Å². The Morgan fingerprint density at radius 2 is 1.24 bits per heavy atom. The van der Waals surface area contributed by atoms with E-state index in [-0.39, 0.29) is 11.8 Å². The zero-order valence-electron chi connectivity index (χ0n) is 19.5. The van der Waals surface area contributed by atoms with Crippen LogP contribution in [-0.4, -0.2) is 99.5 Å². The van der Waals surface area contributed by atoms with Crippen molar-refractivity contribution < 1.29 is 33.3 Å². The number of imide groups is 1. The van der Waals surface area contributed by atoms with Gasteiger partial charge in [0.25, 0.3) is 11.8 Å². The topological polar surface area (TPSA) is 94.6 Å². The fourth-order valence-electron chi connectivity index (χ4n) is 3.92. The van der Waals surface area contributed by atoms with E-state index in [1.54, 1.807) is 29.2 Å². The first-order chi connectivity index (χ1) is 16.1. The standard InChI is InChI=1S/C24H34N2O7/c1-3-18(2)21(26-22(27)19-6-4-5-7-20(19)23(26)28)24(29)25-8-10-30-12-14-32-16-17-33-15-13-31-11-9-25/h4-7,18,21H,3,8-17H2,1-2H3/t18-,21-/m1/s1. The molecule has 0 unspecified atom stereocenters. The zero-order valence-corrected chi connectivity index (χ0v) is 19.5. The van der Waals surface area contributed by atoms with Gasteiger partial charge in [0.05, 0.1) is 64.0 Å². The van der Waals surface area contributed by atoms with E-state index in [1.807, 2.05) is 13.8 Å². The molecule has 0 N–H and O–H groups in total. The minimum absolute atomic E-state index is 0.208. The van der Waals surface area contributed by atoms with Gasteiger partial charge >= 0.3 is 0 Å². The quantitative estimate of drug-likeness (QED) is 0.628. The lowest BCUT2D eigenvalue weighted by molar-refractivity contribution is -0.138. The fraction of sp³-hybridized carbons (Fsp3) is 0.625. The molecule has 33 heavy (non-hydrogen) atoms. The van der Waals surface area contributed by atoms with Gasteiger partial charge in [-0.3, -0.25) is 19.3 Å². The second-order valence-electron chi connectivity index (χ2n) is 8.13. The van der Waals surface area contributed by atoms with Crippen LogP contribution in [0.4, 0.5) is 0 Å². The highest BCUT2D eigenvalue weighted by Crippen LogP contribution is 2.29. The van der Waals surface area contributed by atoms with Crippen molar-refractivity contribution in [1.29, 1.82) is 0 Å². The van der Waals surface area contributed by atoms with E-state index in [2.05, 4.69) is 0 Å². The van der Waals surface area contributed by atoms with E-state index < -0.39 is 17.9 Å². The highest BCUT2D eigenvalue weighted by molar-refractivity contribution is 6.22. The molecule has 1 aromatic carbocycles. The number of amides is 3. The maximum Gasteiger partial charge on any atom is 0.262 e. The monoisotopic (exact) mass is 462 g/mol. The van der Waals surface area contributed by atoms with Crippen LogP contribution in [0.25, 0.3) is 0 Å². The van der Waals surface area contributed by atoms with Crippen LogP contribution < -0.4 is 0 Å². The van der Waals surface area contributed by atoms with Crippen LogP contribution in [-0.2, 0) is 23.7 Å². The van der Waals surface area contributed by atoms with E-state index in [0.29, 0.717) is 83.5 Å². The molecule has 9 nitrogen and oxygen atoms in total. The summed E-state index contributed by atoms with van der Waals surface area (Å²) in [6.45, 7) is 7.82. The molecule has 0 spiro atoms. The molecule has 0 bridgehead atoms. The number of hydrogen-bond donors (Lipinski definition) is 0. The minimum Gasteiger partial charge on any atom is -0.377 e. The van der Waals surface area contributed by atoms with Gasteiger partial charge in [0, 0.05) is 13.1 Å². The van der Waals surface area contributed by atoms with E-state index in [4.69, 9.17) is 18.9 Å². The van der Waals surface area contributed by atoms with Crippen LogP contribution >= 0.6 is 0 Å². The lowest BCUT2D eigenvalue weighted by Crippen LogP contribution is -2.55. The lowest BCUT2D eigenvalue weighted by Gasteiger charge is -2.34. The predicted molar refractivity (Wildman–Crippen MR) is 120 cm³/mol. The number of carbonyl (C=O) groups excluding carboxylic acids is 3. The molecule has 1 saturated heterocycles. The Morgan fingerprint density at radius 1 is 0.818 bits per heavy atom. The summed E-state index contributed by atoms with van der Waals surface area (Å²) in [4.78, 5) is 42.8. The number of fused-ring (bicyclic) bond motifs is 1. The van der Waals surface area contributed by atoms with Gasteiger partial charge in [0.2, 0.25) is 5.91 Å². The molecule has 1 aromatic rings. The number of benzene rings is 1. The highest BCUT2D eigenvalue weighted by atomic mass is 16.6. The summed E-state index contributed by atoms with van der Waals surface area (Å²) < 4.78 is 22.1. The van der Waals surface area contributed by atoms with Crippen LogP contribution in [0.15, 0.2) is 24.3 Å². The summed E-state index contributed by atoms with van der Waals surface area (Å²) in [6, 6.07) is 5.81. The predicted octanol–water partition coefficient (Wildman–Crippen LogP) is 1.61. The molecule has 3 amide bonds.